The van der Waals surface area contributed by atoms with Crippen molar-refractivity contribution in [1.82, 2.24) is 0 Å². The van der Waals surface area contributed by atoms with Gasteiger partial charge >= 0.3 is 7.60 Å². The molecule has 0 atom stereocenters. The summed E-state index contributed by atoms with van der Waals surface area (Å²) in [5.74, 6) is -2.09. The quantitative estimate of drug-likeness (QED) is 0.734. The highest BCUT2D eigenvalue weighted by Gasteiger charge is 2.25. The molecule has 0 radical (unpaired) electrons. The first kappa shape index (κ1) is 11.3. The molecule has 1 aromatic carbocycles. The standard InChI is InChI=1S/C8H9F2O3P/c1-12-14(11,13-2)6-3-4-7(9)8(10)5-6/h3-5H,1-2H3. The number of halogens is 2. The van der Waals surface area contributed by atoms with Gasteiger partial charge in [0.15, 0.2) is 11.6 Å². The Morgan fingerprint density at radius 3 is 2.14 bits per heavy atom. The molecule has 6 heteroatoms. The summed E-state index contributed by atoms with van der Waals surface area (Å²) in [7, 11) is -1.14. The summed E-state index contributed by atoms with van der Waals surface area (Å²) in [6, 6.07) is 2.82. The van der Waals surface area contributed by atoms with E-state index >= 15 is 0 Å². The zero-order valence-electron chi connectivity index (χ0n) is 7.66. The van der Waals surface area contributed by atoms with Gasteiger partial charge in [-0.15, -0.1) is 0 Å². The third-order valence-corrected chi connectivity index (χ3v) is 3.57. The summed E-state index contributed by atoms with van der Waals surface area (Å²) >= 11 is 0. The summed E-state index contributed by atoms with van der Waals surface area (Å²) in [5.41, 5.74) is 0. The van der Waals surface area contributed by atoms with Gasteiger partial charge in [-0.3, -0.25) is 4.57 Å². The van der Waals surface area contributed by atoms with Gasteiger partial charge in [0.05, 0.1) is 5.30 Å². The maximum atomic E-state index is 12.8. The van der Waals surface area contributed by atoms with Crippen molar-refractivity contribution >= 4 is 12.9 Å². The van der Waals surface area contributed by atoms with Crippen molar-refractivity contribution < 1.29 is 22.4 Å². The van der Waals surface area contributed by atoms with Crippen LogP contribution in [0.4, 0.5) is 8.78 Å². The lowest BCUT2D eigenvalue weighted by atomic mass is 10.3. The smallest absolute Gasteiger partial charge is 0.309 e. The molecule has 0 unspecified atom stereocenters. The van der Waals surface area contributed by atoms with Gasteiger partial charge in [-0.05, 0) is 18.2 Å². The van der Waals surface area contributed by atoms with Crippen molar-refractivity contribution in [3.8, 4) is 0 Å². The third-order valence-electron chi connectivity index (χ3n) is 1.70. The molecule has 0 aliphatic rings. The number of benzene rings is 1. The largest absolute Gasteiger partial charge is 0.360 e. The first-order valence-corrected chi connectivity index (χ1v) is 5.25. The molecule has 0 bridgehead atoms. The Kier molecular flexibility index (Phi) is 3.37. The summed E-state index contributed by atoms with van der Waals surface area (Å²) < 4.78 is 46.2. The predicted octanol–water partition coefficient (Wildman–Crippen LogP) is 2.08. The van der Waals surface area contributed by atoms with Crippen molar-refractivity contribution in [3.05, 3.63) is 29.8 Å². The van der Waals surface area contributed by atoms with Crippen molar-refractivity contribution in [1.29, 1.82) is 0 Å². The fraction of sp³-hybridized carbons (Fsp3) is 0.250. The van der Waals surface area contributed by atoms with E-state index in [2.05, 4.69) is 9.05 Å². The zero-order chi connectivity index (χ0) is 10.8. The Bertz CT molecular complexity index is 373. The van der Waals surface area contributed by atoms with Gasteiger partial charge < -0.3 is 9.05 Å². The SMILES string of the molecule is COP(=O)(OC)c1ccc(F)c(F)c1. The van der Waals surface area contributed by atoms with Crippen LogP contribution in [0.1, 0.15) is 0 Å². The highest BCUT2D eigenvalue weighted by atomic mass is 31.2. The molecule has 0 spiro atoms. The summed E-state index contributed by atoms with van der Waals surface area (Å²) in [6.45, 7) is 0. The molecule has 0 fully saturated rings. The Hall–Kier alpha value is -0.770. The Balaban J connectivity index is 3.19. The monoisotopic (exact) mass is 222 g/mol. The highest BCUT2D eigenvalue weighted by Crippen LogP contribution is 2.44. The average molecular weight is 222 g/mol. The van der Waals surface area contributed by atoms with Crippen molar-refractivity contribution in [2.24, 2.45) is 0 Å². The molecule has 1 aromatic rings. The summed E-state index contributed by atoms with van der Waals surface area (Å²) in [6.07, 6.45) is 0. The van der Waals surface area contributed by atoms with Crippen LogP contribution in [-0.4, -0.2) is 14.2 Å². The molecule has 0 aliphatic heterocycles. The fourth-order valence-electron chi connectivity index (χ4n) is 0.941. The number of hydrogen-bond donors (Lipinski definition) is 0. The maximum Gasteiger partial charge on any atom is 0.360 e. The van der Waals surface area contributed by atoms with Crippen molar-refractivity contribution in [3.63, 3.8) is 0 Å². The molecular formula is C8H9F2O3P. The molecular weight excluding hydrogens is 213 g/mol. The molecule has 0 aromatic heterocycles. The van der Waals surface area contributed by atoms with E-state index in [1.165, 1.54) is 14.2 Å². The van der Waals surface area contributed by atoms with E-state index in [-0.39, 0.29) is 5.30 Å². The van der Waals surface area contributed by atoms with Crippen LogP contribution in [0.3, 0.4) is 0 Å². The van der Waals surface area contributed by atoms with Gasteiger partial charge in [0.2, 0.25) is 0 Å². The molecule has 0 aliphatic carbocycles. The van der Waals surface area contributed by atoms with E-state index < -0.39 is 19.2 Å². The van der Waals surface area contributed by atoms with E-state index in [0.29, 0.717) is 0 Å². The second kappa shape index (κ2) is 4.17. The van der Waals surface area contributed by atoms with E-state index in [4.69, 9.17) is 0 Å². The van der Waals surface area contributed by atoms with Gasteiger partial charge in [-0.25, -0.2) is 8.78 Å². The molecule has 0 amide bonds. The molecule has 0 saturated carbocycles. The summed E-state index contributed by atoms with van der Waals surface area (Å²) in [4.78, 5) is 0. The third kappa shape index (κ3) is 2.00. The molecule has 0 saturated heterocycles. The van der Waals surface area contributed by atoms with Crippen LogP contribution in [0.25, 0.3) is 0 Å². The first-order valence-electron chi connectivity index (χ1n) is 3.70. The lowest BCUT2D eigenvalue weighted by molar-refractivity contribution is 0.287. The van der Waals surface area contributed by atoms with E-state index in [0.717, 1.165) is 18.2 Å². The lowest BCUT2D eigenvalue weighted by Gasteiger charge is -2.13. The molecule has 0 heterocycles. The van der Waals surface area contributed by atoms with E-state index in [1.807, 2.05) is 0 Å². The van der Waals surface area contributed by atoms with Gasteiger partial charge in [0.1, 0.15) is 0 Å². The first-order chi connectivity index (χ1) is 6.53. The topological polar surface area (TPSA) is 35.5 Å². The molecule has 0 N–H and O–H groups in total. The molecule has 3 nitrogen and oxygen atoms in total. The van der Waals surface area contributed by atoms with Gasteiger partial charge in [-0.1, -0.05) is 0 Å². The van der Waals surface area contributed by atoms with Gasteiger partial charge in [0, 0.05) is 14.2 Å². The Morgan fingerprint density at radius 1 is 1.14 bits per heavy atom. The number of hydrogen-bond acceptors (Lipinski definition) is 3. The minimum absolute atomic E-state index is 0.0126. The van der Waals surface area contributed by atoms with Gasteiger partial charge in [-0.2, -0.15) is 0 Å². The Morgan fingerprint density at radius 2 is 1.71 bits per heavy atom. The van der Waals surface area contributed by atoms with Crippen LogP contribution < -0.4 is 5.30 Å². The normalized spacial score (nSPS) is 11.7. The second-order valence-corrected chi connectivity index (χ2v) is 4.70. The average Bonchev–Trinajstić information content (AvgIpc) is 2.21. The maximum absolute atomic E-state index is 12.8. The van der Waals surface area contributed by atoms with E-state index in [9.17, 15) is 13.3 Å². The highest BCUT2D eigenvalue weighted by molar-refractivity contribution is 7.62. The van der Waals surface area contributed by atoms with Crippen LogP contribution in [0.5, 0.6) is 0 Å². The lowest BCUT2D eigenvalue weighted by Crippen LogP contribution is -2.09. The molecule has 14 heavy (non-hydrogen) atoms. The zero-order valence-corrected chi connectivity index (χ0v) is 8.55. The van der Waals surface area contributed by atoms with Crippen LogP contribution in [0, 0.1) is 11.6 Å². The fourth-order valence-corrected chi connectivity index (χ4v) is 2.04. The van der Waals surface area contributed by atoms with Crippen LogP contribution in [0.15, 0.2) is 18.2 Å². The van der Waals surface area contributed by atoms with Crippen LogP contribution in [-0.2, 0) is 13.6 Å². The summed E-state index contributed by atoms with van der Waals surface area (Å²) in [5, 5.41) is -0.0126. The molecule has 1 rings (SSSR count). The van der Waals surface area contributed by atoms with E-state index in [1.54, 1.807) is 0 Å². The second-order valence-electron chi connectivity index (χ2n) is 2.46. The van der Waals surface area contributed by atoms with Gasteiger partial charge in [0.25, 0.3) is 0 Å². The molecule has 78 valence electrons. The van der Waals surface area contributed by atoms with Crippen molar-refractivity contribution in [2.75, 3.05) is 14.2 Å². The van der Waals surface area contributed by atoms with Crippen molar-refractivity contribution in [2.45, 2.75) is 0 Å². The predicted molar refractivity (Wildman–Crippen MR) is 47.6 cm³/mol. The number of rotatable bonds is 3. The minimum Gasteiger partial charge on any atom is -0.309 e. The Labute approximate surface area is 80.2 Å². The van der Waals surface area contributed by atoms with Crippen LogP contribution >= 0.6 is 7.60 Å². The van der Waals surface area contributed by atoms with Crippen LogP contribution in [0.2, 0.25) is 0 Å². The minimum atomic E-state index is -3.49.